The number of halogens is 2. The molecule has 0 aliphatic rings. The molecule has 72 valence electrons. The van der Waals surface area contributed by atoms with Crippen LogP contribution in [0.25, 0.3) is 0 Å². The minimum atomic E-state index is -5.30. The number of benzene rings is 1. The van der Waals surface area contributed by atoms with Gasteiger partial charge in [0.05, 0.1) is 6.61 Å². The SMILES string of the molecule is O=P(F)(F)OCCc1ccccc1. The van der Waals surface area contributed by atoms with Crippen molar-refractivity contribution >= 4 is 7.99 Å². The fourth-order valence-corrected chi connectivity index (χ4v) is 1.22. The van der Waals surface area contributed by atoms with E-state index in [1.807, 2.05) is 6.07 Å². The monoisotopic (exact) mass is 206 g/mol. The third-order valence-electron chi connectivity index (χ3n) is 1.48. The molecule has 0 radical (unpaired) electrons. The summed E-state index contributed by atoms with van der Waals surface area (Å²) in [4.78, 5) is 0. The Morgan fingerprint density at radius 3 is 2.38 bits per heavy atom. The summed E-state index contributed by atoms with van der Waals surface area (Å²) < 4.78 is 37.2. The first-order valence-corrected chi connectivity index (χ1v) is 5.16. The first-order chi connectivity index (χ1) is 6.08. The summed E-state index contributed by atoms with van der Waals surface area (Å²) in [5, 5.41) is 0. The molecule has 0 saturated heterocycles. The third-order valence-corrected chi connectivity index (χ3v) is 1.96. The second-order valence-electron chi connectivity index (χ2n) is 2.48. The summed E-state index contributed by atoms with van der Waals surface area (Å²) >= 11 is 0. The van der Waals surface area contributed by atoms with Crippen LogP contribution in [0.4, 0.5) is 8.39 Å². The molecule has 2 nitrogen and oxygen atoms in total. The summed E-state index contributed by atoms with van der Waals surface area (Å²) in [7, 11) is -5.30. The molecule has 0 aromatic heterocycles. The fourth-order valence-electron chi connectivity index (χ4n) is 0.914. The van der Waals surface area contributed by atoms with E-state index in [-0.39, 0.29) is 6.61 Å². The summed E-state index contributed by atoms with van der Waals surface area (Å²) in [6, 6.07) is 9.04. The average Bonchev–Trinajstić information content (AvgIpc) is 2.04. The van der Waals surface area contributed by atoms with E-state index in [0.717, 1.165) is 5.56 Å². The number of rotatable bonds is 4. The highest BCUT2D eigenvalue weighted by atomic mass is 31.2. The van der Waals surface area contributed by atoms with E-state index >= 15 is 0 Å². The van der Waals surface area contributed by atoms with E-state index in [9.17, 15) is 13.0 Å². The molecule has 0 bridgehead atoms. The Morgan fingerprint density at radius 1 is 1.23 bits per heavy atom. The van der Waals surface area contributed by atoms with Crippen molar-refractivity contribution in [3.63, 3.8) is 0 Å². The molecule has 0 saturated carbocycles. The fraction of sp³-hybridized carbons (Fsp3) is 0.250. The van der Waals surface area contributed by atoms with Gasteiger partial charge in [0, 0.05) is 0 Å². The normalized spacial score (nSPS) is 11.5. The maximum absolute atomic E-state index is 11.8. The zero-order valence-corrected chi connectivity index (χ0v) is 7.72. The molecule has 0 amide bonds. The first kappa shape index (κ1) is 10.4. The molecular weight excluding hydrogens is 197 g/mol. The molecule has 0 fully saturated rings. The third kappa shape index (κ3) is 4.76. The van der Waals surface area contributed by atoms with Gasteiger partial charge >= 0.3 is 7.99 Å². The van der Waals surface area contributed by atoms with Gasteiger partial charge in [-0.15, -0.1) is 8.39 Å². The summed E-state index contributed by atoms with van der Waals surface area (Å²) in [6.45, 7) is -0.214. The van der Waals surface area contributed by atoms with Crippen molar-refractivity contribution in [2.24, 2.45) is 0 Å². The van der Waals surface area contributed by atoms with Crippen LogP contribution in [-0.2, 0) is 15.5 Å². The minimum absolute atomic E-state index is 0.214. The summed E-state index contributed by atoms with van der Waals surface area (Å²) in [5.41, 5.74) is 0.885. The standard InChI is InChI=1S/C8H9F2O2P/c9-13(10,11)12-7-6-8-4-2-1-3-5-8/h1-5H,6-7H2. The highest BCUT2D eigenvalue weighted by Crippen LogP contribution is 2.50. The van der Waals surface area contributed by atoms with E-state index in [1.54, 1.807) is 24.3 Å². The number of hydrogen-bond donors (Lipinski definition) is 0. The van der Waals surface area contributed by atoms with Crippen LogP contribution in [0.15, 0.2) is 30.3 Å². The van der Waals surface area contributed by atoms with Crippen LogP contribution in [0, 0.1) is 0 Å². The molecule has 1 aromatic rings. The molecule has 1 rings (SSSR count). The van der Waals surface area contributed by atoms with Gasteiger partial charge < -0.3 is 0 Å². The Balaban J connectivity index is 2.33. The van der Waals surface area contributed by atoms with E-state index < -0.39 is 7.99 Å². The van der Waals surface area contributed by atoms with Crippen molar-refractivity contribution in [1.82, 2.24) is 0 Å². The Hall–Kier alpha value is -0.730. The van der Waals surface area contributed by atoms with Gasteiger partial charge in [-0.3, -0.25) is 4.52 Å². The Kier molecular flexibility index (Phi) is 3.58. The summed E-state index contributed by atoms with van der Waals surface area (Å²) in [5.74, 6) is 0. The second kappa shape index (κ2) is 4.49. The van der Waals surface area contributed by atoms with Gasteiger partial charge in [0.2, 0.25) is 0 Å². The molecule has 1 aromatic carbocycles. The van der Waals surface area contributed by atoms with Crippen LogP contribution in [0.5, 0.6) is 0 Å². The van der Waals surface area contributed by atoms with Gasteiger partial charge in [-0.25, -0.2) is 4.57 Å². The predicted octanol–water partition coefficient (Wildman–Crippen LogP) is 3.29. The Morgan fingerprint density at radius 2 is 1.85 bits per heavy atom. The van der Waals surface area contributed by atoms with Gasteiger partial charge in [0.15, 0.2) is 0 Å². The zero-order chi connectivity index (χ0) is 9.73. The van der Waals surface area contributed by atoms with E-state index in [4.69, 9.17) is 0 Å². The van der Waals surface area contributed by atoms with E-state index in [2.05, 4.69) is 4.52 Å². The highest BCUT2D eigenvalue weighted by molar-refractivity contribution is 7.47. The van der Waals surface area contributed by atoms with Gasteiger partial charge in [-0.1, -0.05) is 30.3 Å². The average molecular weight is 206 g/mol. The van der Waals surface area contributed by atoms with Crippen molar-refractivity contribution in [3.8, 4) is 0 Å². The van der Waals surface area contributed by atoms with Crippen LogP contribution in [0.2, 0.25) is 0 Å². The van der Waals surface area contributed by atoms with E-state index in [0.29, 0.717) is 6.42 Å². The van der Waals surface area contributed by atoms with Crippen LogP contribution >= 0.6 is 7.99 Å². The smallest absolute Gasteiger partial charge is 0.280 e. The van der Waals surface area contributed by atoms with Crippen molar-refractivity contribution in [2.45, 2.75) is 6.42 Å². The topological polar surface area (TPSA) is 26.3 Å². The largest absolute Gasteiger partial charge is 0.551 e. The van der Waals surface area contributed by atoms with Crippen LogP contribution in [-0.4, -0.2) is 6.61 Å². The molecule has 0 heterocycles. The van der Waals surface area contributed by atoms with Crippen molar-refractivity contribution in [3.05, 3.63) is 35.9 Å². The first-order valence-electron chi connectivity index (χ1n) is 3.76. The van der Waals surface area contributed by atoms with Crippen LogP contribution < -0.4 is 0 Å². The van der Waals surface area contributed by atoms with Crippen LogP contribution in [0.1, 0.15) is 5.56 Å². The molecule has 0 N–H and O–H groups in total. The molecule has 13 heavy (non-hydrogen) atoms. The predicted molar refractivity (Wildman–Crippen MR) is 45.9 cm³/mol. The van der Waals surface area contributed by atoms with Crippen molar-refractivity contribution in [1.29, 1.82) is 0 Å². The van der Waals surface area contributed by atoms with Crippen molar-refractivity contribution in [2.75, 3.05) is 6.61 Å². The maximum atomic E-state index is 11.8. The zero-order valence-electron chi connectivity index (χ0n) is 6.82. The lowest BCUT2D eigenvalue weighted by Crippen LogP contribution is -1.93. The van der Waals surface area contributed by atoms with Gasteiger partial charge in [0.1, 0.15) is 0 Å². The second-order valence-corrected chi connectivity index (χ2v) is 3.57. The lowest BCUT2D eigenvalue weighted by atomic mass is 10.2. The molecule has 0 unspecified atom stereocenters. The van der Waals surface area contributed by atoms with Gasteiger partial charge in [-0.2, -0.15) is 0 Å². The molecule has 0 atom stereocenters. The lowest BCUT2D eigenvalue weighted by molar-refractivity contribution is 0.259. The van der Waals surface area contributed by atoms with Gasteiger partial charge in [-0.05, 0) is 12.0 Å². The quantitative estimate of drug-likeness (QED) is 0.706. The Labute approximate surface area is 75.2 Å². The number of hydrogen-bond acceptors (Lipinski definition) is 2. The molecule has 0 aliphatic carbocycles. The van der Waals surface area contributed by atoms with Crippen LogP contribution in [0.3, 0.4) is 0 Å². The Bertz CT molecular complexity index is 296. The summed E-state index contributed by atoms with van der Waals surface area (Å²) in [6.07, 6.45) is 0.346. The lowest BCUT2D eigenvalue weighted by Gasteiger charge is -2.01. The molecule has 0 aliphatic heterocycles. The van der Waals surface area contributed by atoms with E-state index in [1.165, 1.54) is 0 Å². The highest BCUT2D eigenvalue weighted by Gasteiger charge is 2.19. The molecule has 5 heteroatoms. The maximum Gasteiger partial charge on any atom is 0.551 e. The van der Waals surface area contributed by atoms with Gasteiger partial charge in [0.25, 0.3) is 0 Å². The molecule has 0 spiro atoms. The van der Waals surface area contributed by atoms with Crippen molar-refractivity contribution < 1.29 is 17.5 Å². The molecular formula is C8H9F2O2P. The minimum Gasteiger partial charge on any atom is -0.280 e.